The minimum absolute atomic E-state index is 0.0531. The number of carbonyl (C=O) groups excluding carboxylic acids is 1. The molecule has 1 rings (SSSR count). The predicted molar refractivity (Wildman–Crippen MR) is 107 cm³/mol. The fourth-order valence-corrected chi connectivity index (χ4v) is 4.43. The Morgan fingerprint density at radius 2 is 2.00 bits per heavy atom. The topological polar surface area (TPSA) is 99.7 Å². The second-order valence-electron chi connectivity index (χ2n) is 8.32. The van der Waals surface area contributed by atoms with Gasteiger partial charge in [-0.15, -0.1) is 0 Å². The van der Waals surface area contributed by atoms with E-state index >= 15 is 0 Å². The Kier molecular flexibility index (Phi) is 8.86. The molecule has 1 heterocycles. The third kappa shape index (κ3) is 9.99. The number of nitrogens with one attached hydrogen (secondary N) is 3. The number of rotatable bonds is 8. The summed E-state index contributed by atoms with van der Waals surface area (Å²) in [5.74, 6) is 0.784. The van der Waals surface area contributed by atoms with Crippen LogP contribution in [0.1, 0.15) is 60.3 Å². The van der Waals surface area contributed by atoms with Gasteiger partial charge in [0.2, 0.25) is 5.91 Å². The molecule has 3 N–H and O–H groups in total. The molecule has 1 fully saturated rings. The lowest BCUT2D eigenvalue weighted by molar-refractivity contribution is -0.121. The average molecular weight is 389 g/mol. The van der Waals surface area contributed by atoms with Gasteiger partial charge in [-0.05, 0) is 38.5 Å². The Balaban J connectivity index is 2.39. The third-order valence-corrected chi connectivity index (χ3v) is 6.03. The number of amides is 1. The van der Waals surface area contributed by atoms with Crippen LogP contribution in [0, 0.1) is 5.41 Å². The first kappa shape index (κ1) is 22.7. The molecule has 0 aromatic heterocycles. The van der Waals surface area contributed by atoms with E-state index in [1.165, 1.54) is 0 Å². The number of nitrogens with zero attached hydrogens (tertiary/aromatic N) is 1. The van der Waals surface area contributed by atoms with E-state index in [1.54, 1.807) is 0 Å². The fourth-order valence-electron chi connectivity index (χ4n) is 2.75. The van der Waals surface area contributed by atoms with Gasteiger partial charge in [-0.2, -0.15) is 0 Å². The van der Waals surface area contributed by atoms with Crippen LogP contribution in [-0.4, -0.2) is 57.0 Å². The molecule has 1 saturated heterocycles. The van der Waals surface area contributed by atoms with Crippen LogP contribution in [0.2, 0.25) is 0 Å². The van der Waals surface area contributed by atoms with E-state index in [-0.39, 0.29) is 29.9 Å². The maximum Gasteiger partial charge on any atom is 0.222 e. The zero-order chi connectivity index (χ0) is 19.8. The minimum atomic E-state index is -2.97. The van der Waals surface area contributed by atoms with Crippen molar-refractivity contribution in [2.45, 2.75) is 72.4 Å². The van der Waals surface area contributed by atoms with Crippen LogP contribution < -0.4 is 16.0 Å². The molecule has 0 aromatic carbocycles. The van der Waals surface area contributed by atoms with Crippen LogP contribution in [0.25, 0.3) is 0 Å². The highest BCUT2D eigenvalue weighted by Gasteiger charge is 2.28. The van der Waals surface area contributed by atoms with E-state index in [2.05, 4.69) is 48.6 Å². The van der Waals surface area contributed by atoms with Gasteiger partial charge < -0.3 is 16.0 Å². The molecule has 0 aliphatic carbocycles. The quantitative estimate of drug-likeness (QED) is 0.432. The normalized spacial score (nSPS) is 21.3. The van der Waals surface area contributed by atoms with E-state index in [4.69, 9.17) is 0 Å². The SMILES string of the molecule is CCNC(=NCCC(=O)NC1CCS(=O)(=O)C1)NC(C)CCC(C)(C)C. The lowest BCUT2D eigenvalue weighted by atomic mass is 9.89. The minimum Gasteiger partial charge on any atom is -0.357 e. The first-order valence-corrected chi connectivity index (χ1v) is 11.4. The second kappa shape index (κ2) is 10.1. The number of hydrogen-bond donors (Lipinski definition) is 3. The van der Waals surface area contributed by atoms with Gasteiger partial charge in [0.05, 0.1) is 18.1 Å². The molecule has 0 aromatic rings. The molecule has 0 radical (unpaired) electrons. The molecule has 8 heteroatoms. The van der Waals surface area contributed by atoms with Gasteiger partial charge in [0.1, 0.15) is 0 Å². The van der Waals surface area contributed by atoms with Crippen molar-refractivity contribution in [1.29, 1.82) is 0 Å². The van der Waals surface area contributed by atoms with Gasteiger partial charge in [-0.3, -0.25) is 9.79 Å². The predicted octanol–water partition coefficient (Wildman–Crippen LogP) is 1.45. The molecule has 26 heavy (non-hydrogen) atoms. The zero-order valence-electron chi connectivity index (χ0n) is 16.9. The number of sulfone groups is 1. The van der Waals surface area contributed by atoms with Crippen LogP contribution in [-0.2, 0) is 14.6 Å². The molecule has 0 bridgehead atoms. The molecule has 2 atom stereocenters. The molecule has 152 valence electrons. The maximum absolute atomic E-state index is 12.0. The van der Waals surface area contributed by atoms with Crippen molar-refractivity contribution >= 4 is 21.7 Å². The first-order valence-electron chi connectivity index (χ1n) is 9.55. The van der Waals surface area contributed by atoms with Crippen molar-refractivity contribution < 1.29 is 13.2 Å². The van der Waals surface area contributed by atoms with Crippen molar-refractivity contribution in [1.82, 2.24) is 16.0 Å². The molecule has 2 unspecified atom stereocenters. The highest BCUT2D eigenvalue weighted by Crippen LogP contribution is 2.21. The first-order chi connectivity index (χ1) is 12.0. The summed E-state index contributed by atoms with van der Waals surface area (Å²) < 4.78 is 22.9. The Hall–Kier alpha value is -1.31. The zero-order valence-corrected chi connectivity index (χ0v) is 17.7. The van der Waals surface area contributed by atoms with Crippen LogP contribution in [0.5, 0.6) is 0 Å². The molecule has 0 spiro atoms. The molecule has 1 aliphatic heterocycles. The van der Waals surface area contributed by atoms with Crippen molar-refractivity contribution in [3.63, 3.8) is 0 Å². The Morgan fingerprint density at radius 3 is 2.54 bits per heavy atom. The van der Waals surface area contributed by atoms with Crippen molar-refractivity contribution in [3.8, 4) is 0 Å². The monoisotopic (exact) mass is 388 g/mol. The van der Waals surface area contributed by atoms with Gasteiger partial charge in [-0.25, -0.2) is 8.42 Å². The van der Waals surface area contributed by atoms with E-state index < -0.39 is 9.84 Å². The summed E-state index contributed by atoms with van der Waals surface area (Å²) in [6.45, 7) is 11.9. The van der Waals surface area contributed by atoms with Gasteiger partial charge in [0, 0.05) is 25.0 Å². The molecule has 1 amide bonds. The van der Waals surface area contributed by atoms with Crippen molar-refractivity contribution in [2.24, 2.45) is 10.4 Å². The van der Waals surface area contributed by atoms with Gasteiger partial charge in [0.25, 0.3) is 0 Å². The van der Waals surface area contributed by atoms with Crippen LogP contribution >= 0.6 is 0 Å². The highest BCUT2D eigenvalue weighted by atomic mass is 32.2. The summed E-state index contributed by atoms with van der Waals surface area (Å²) in [6, 6.07) is 0.0461. The Labute approximate surface area is 158 Å². The summed E-state index contributed by atoms with van der Waals surface area (Å²) in [5.41, 5.74) is 0.303. The maximum atomic E-state index is 12.0. The van der Waals surface area contributed by atoms with E-state index in [0.29, 0.717) is 30.4 Å². The molecular formula is C18H36N4O3S. The summed E-state index contributed by atoms with van der Waals surface area (Å²) in [4.78, 5) is 16.4. The molecule has 7 nitrogen and oxygen atoms in total. The van der Waals surface area contributed by atoms with Crippen molar-refractivity contribution in [3.05, 3.63) is 0 Å². The largest absolute Gasteiger partial charge is 0.357 e. The van der Waals surface area contributed by atoms with Gasteiger partial charge in [0.15, 0.2) is 15.8 Å². The lowest BCUT2D eigenvalue weighted by Crippen LogP contribution is -2.42. The lowest BCUT2D eigenvalue weighted by Gasteiger charge is -2.23. The van der Waals surface area contributed by atoms with Gasteiger partial charge in [-0.1, -0.05) is 20.8 Å². The third-order valence-electron chi connectivity index (χ3n) is 4.26. The Morgan fingerprint density at radius 1 is 1.31 bits per heavy atom. The summed E-state index contributed by atoms with van der Waals surface area (Å²) in [5, 5.41) is 9.36. The standard InChI is InChI=1S/C18H36N4O3S/c1-6-19-17(21-14(2)7-10-18(3,4)5)20-11-8-16(23)22-15-9-12-26(24,25)13-15/h14-15H,6-13H2,1-5H3,(H,22,23)(H2,19,20,21). The smallest absolute Gasteiger partial charge is 0.222 e. The highest BCUT2D eigenvalue weighted by molar-refractivity contribution is 7.91. The summed E-state index contributed by atoms with van der Waals surface area (Å²) in [7, 11) is -2.97. The second-order valence-corrected chi connectivity index (χ2v) is 10.6. The average Bonchev–Trinajstić information content (AvgIpc) is 2.83. The van der Waals surface area contributed by atoms with Gasteiger partial charge >= 0.3 is 0 Å². The molecular weight excluding hydrogens is 352 g/mol. The van der Waals surface area contributed by atoms with Crippen LogP contribution in [0.4, 0.5) is 0 Å². The summed E-state index contributed by atoms with van der Waals surface area (Å²) >= 11 is 0. The van der Waals surface area contributed by atoms with Crippen LogP contribution in [0.3, 0.4) is 0 Å². The summed E-state index contributed by atoms with van der Waals surface area (Å²) in [6.07, 6.45) is 2.92. The fraction of sp³-hybridized carbons (Fsp3) is 0.889. The van der Waals surface area contributed by atoms with E-state index in [9.17, 15) is 13.2 Å². The van der Waals surface area contributed by atoms with E-state index in [1.807, 2.05) is 6.92 Å². The van der Waals surface area contributed by atoms with Crippen LogP contribution in [0.15, 0.2) is 4.99 Å². The van der Waals surface area contributed by atoms with E-state index in [0.717, 1.165) is 19.4 Å². The number of carbonyl (C=O) groups is 1. The Bertz CT molecular complexity index is 582. The molecule has 0 saturated carbocycles. The van der Waals surface area contributed by atoms with Crippen molar-refractivity contribution in [2.75, 3.05) is 24.6 Å². The number of hydrogen-bond acceptors (Lipinski definition) is 4. The number of guanidine groups is 1. The molecule has 1 aliphatic rings. The number of aliphatic imine (C=N–C) groups is 1.